The Morgan fingerprint density at radius 3 is 2.49 bits per heavy atom. The van der Waals surface area contributed by atoms with Crippen LogP contribution >= 0.6 is 0 Å². The number of carboxylic acids is 1. The standard InChI is InChI=1S/C31H25N3O5/c35-28-25-26(29(36)34(28)17-18-8-2-1-3-9-18)31(30(37)38,15-20-16-32-22-12-6-5-11-21(20)22)33-27(25)24-14-19-10-4-7-13-23(19)39-24/h1-14,16,25-27,32-33H,15,17H2,(H,37,38). The molecule has 0 radical (unpaired) electrons. The molecular weight excluding hydrogens is 494 g/mol. The van der Waals surface area contributed by atoms with Crippen LogP contribution in [-0.4, -0.2) is 38.3 Å². The van der Waals surface area contributed by atoms with E-state index in [4.69, 9.17) is 4.42 Å². The van der Waals surface area contributed by atoms with Gasteiger partial charge < -0.3 is 14.5 Å². The van der Waals surface area contributed by atoms with Crippen LogP contribution in [0.4, 0.5) is 0 Å². The topological polar surface area (TPSA) is 116 Å². The summed E-state index contributed by atoms with van der Waals surface area (Å²) >= 11 is 0. The van der Waals surface area contributed by atoms with Crippen molar-refractivity contribution in [3.8, 4) is 0 Å². The number of amides is 2. The third kappa shape index (κ3) is 3.52. The number of aromatic amines is 1. The predicted molar refractivity (Wildman–Crippen MR) is 143 cm³/mol. The van der Waals surface area contributed by atoms with Crippen LogP contribution in [0.3, 0.4) is 0 Å². The van der Waals surface area contributed by atoms with E-state index in [9.17, 15) is 19.5 Å². The van der Waals surface area contributed by atoms with Gasteiger partial charge in [0, 0.05) is 28.9 Å². The minimum Gasteiger partial charge on any atom is -0.480 e. The highest BCUT2D eigenvalue weighted by Gasteiger charge is 2.69. The lowest BCUT2D eigenvalue weighted by atomic mass is 9.76. The van der Waals surface area contributed by atoms with E-state index in [1.807, 2.05) is 84.9 Å². The lowest BCUT2D eigenvalue weighted by molar-refractivity contribution is -0.151. The fraction of sp³-hybridized carbons (Fsp3) is 0.194. The highest BCUT2D eigenvalue weighted by Crippen LogP contribution is 2.51. The average molecular weight is 520 g/mol. The first-order valence-electron chi connectivity index (χ1n) is 12.9. The van der Waals surface area contributed by atoms with Gasteiger partial charge in [0.1, 0.15) is 16.9 Å². The molecule has 194 valence electrons. The van der Waals surface area contributed by atoms with Crippen molar-refractivity contribution < 1.29 is 23.9 Å². The van der Waals surface area contributed by atoms with E-state index < -0.39 is 41.2 Å². The third-order valence-electron chi connectivity index (χ3n) is 8.21. The van der Waals surface area contributed by atoms with Crippen LogP contribution < -0.4 is 5.32 Å². The lowest BCUT2D eigenvalue weighted by Crippen LogP contribution is -2.57. The molecule has 39 heavy (non-hydrogen) atoms. The maximum atomic E-state index is 14.0. The van der Waals surface area contributed by atoms with Crippen LogP contribution in [0.5, 0.6) is 0 Å². The summed E-state index contributed by atoms with van der Waals surface area (Å²) in [6.45, 7) is 0.0845. The maximum Gasteiger partial charge on any atom is 0.325 e. The summed E-state index contributed by atoms with van der Waals surface area (Å²) in [5.41, 5.74) is 1.33. The van der Waals surface area contributed by atoms with Crippen LogP contribution in [0.25, 0.3) is 21.9 Å². The summed E-state index contributed by atoms with van der Waals surface area (Å²) in [7, 11) is 0. The van der Waals surface area contributed by atoms with E-state index in [1.54, 1.807) is 6.20 Å². The Morgan fingerprint density at radius 1 is 0.949 bits per heavy atom. The summed E-state index contributed by atoms with van der Waals surface area (Å²) in [6.07, 6.45) is 1.80. The number of aliphatic carboxylic acids is 1. The van der Waals surface area contributed by atoms with Gasteiger partial charge in [-0.2, -0.15) is 0 Å². The molecule has 2 aliphatic rings. The Kier molecular flexibility index (Phi) is 5.21. The molecule has 4 unspecified atom stereocenters. The number of nitrogens with zero attached hydrogens (tertiary/aromatic N) is 1. The molecule has 3 N–H and O–H groups in total. The van der Waals surface area contributed by atoms with Crippen LogP contribution in [0.2, 0.25) is 0 Å². The number of carbonyl (C=O) groups is 3. The molecule has 8 nitrogen and oxygen atoms in total. The Morgan fingerprint density at radius 2 is 1.69 bits per heavy atom. The van der Waals surface area contributed by atoms with Crippen LogP contribution in [0, 0.1) is 11.8 Å². The number of hydrogen-bond acceptors (Lipinski definition) is 5. The lowest BCUT2D eigenvalue weighted by Gasteiger charge is -2.31. The molecule has 2 aliphatic heterocycles. The number of benzene rings is 3. The van der Waals surface area contributed by atoms with Gasteiger partial charge in [-0.1, -0.05) is 66.7 Å². The number of likely N-dealkylation sites (tertiary alicyclic amines) is 1. The zero-order valence-electron chi connectivity index (χ0n) is 20.8. The van der Waals surface area contributed by atoms with Crippen molar-refractivity contribution in [2.45, 2.75) is 24.5 Å². The van der Waals surface area contributed by atoms with E-state index in [-0.39, 0.29) is 13.0 Å². The fourth-order valence-electron chi connectivity index (χ4n) is 6.40. The average Bonchev–Trinajstić information content (AvgIpc) is 3.70. The first-order valence-corrected chi connectivity index (χ1v) is 12.9. The number of aromatic nitrogens is 1. The van der Waals surface area contributed by atoms with Crippen molar-refractivity contribution in [2.75, 3.05) is 0 Å². The molecule has 8 heteroatoms. The second kappa shape index (κ2) is 8.68. The largest absolute Gasteiger partial charge is 0.480 e. The van der Waals surface area contributed by atoms with Crippen molar-refractivity contribution in [3.05, 3.63) is 108 Å². The normalized spacial score (nSPS) is 24.6. The Balaban J connectivity index is 1.36. The number of hydrogen-bond donors (Lipinski definition) is 3. The summed E-state index contributed by atoms with van der Waals surface area (Å²) in [6, 6.07) is 25.4. The summed E-state index contributed by atoms with van der Waals surface area (Å²) in [4.78, 5) is 45.6. The first-order chi connectivity index (χ1) is 19.0. The number of para-hydroxylation sites is 2. The molecule has 0 bridgehead atoms. The van der Waals surface area contributed by atoms with Gasteiger partial charge in [0.25, 0.3) is 0 Å². The fourth-order valence-corrected chi connectivity index (χ4v) is 6.40. The molecule has 4 atom stereocenters. The third-order valence-corrected chi connectivity index (χ3v) is 8.21. The van der Waals surface area contributed by atoms with Gasteiger partial charge >= 0.3 is 5.97 Å². The number of carboxylic acid groups (broad SMARTS) is 1. The van der Waals surface area contributed by atoms with E-state index in [1.165, 1.54) is 4.90 Å². The summed E-state index contributed by atoms with van der Waals surface area (Å²) in [5, 5.41) is 15.8. The molecule has 2 fully saturated rings. The number of nitrogens with one attached hydrogen (secondary N) is 2. The smallest absolute Gasteiger partial charge is 0.325 e. The molecule has 2 saturated heterocycles. The molecule has 0 aliphatic carbocycles. The van der Waals surface area contributed by atoms with Crippen molar-refractivity contribution in [1.82, 2.24) is 15.2 Å². The number of fused-ring (bicyclic) bond motifs is 3. The summed E-state index contributed by atoms with van der Waals surface area (Å²) in [5.74, 6) is -3.66. The second-order valence-corrected chi connectivity index (χ2v) is 10.4. The quantitative estimate of drug-likeness (QED) is 0.286. The van der Waals surface area contributed by atoms with Gasteiger partial charge in [0.15, 0.2) is 0 Å². The van der Waals surface area contributed by atoms with E-state index in [2.05, 4.69) is 10.3 Å². The van der Waals surface area contributed by atoms with Crippen LogP contribution in [-0.2, 0) is 27.3 Å². The molecule has 0 spiro atoms. The van der Waals surface area contributed by atoms with Gasteiger partial charge in [0.05, 0.1) is 24.4 Å². The highest BCUT2D eigenvalue weighted by molar-refractivity contribution is 6.09. The molecule has 2 amide bonds. The van der Waals surface area contributed by atoms with Crippen molar-refractivity contribution in [3.63, 3.8) is 0 Å². The molecule has 0 saturated carbocycles. The Bertz CT molecular complexity index is 1720. The monoisotopic (exact) mass is 519 g/mol. The first kappa shape index (κ1) is 23.4. The van der Waals surface area contributed by atoms with Crippen molar-refractivity contribution in [2.24, 2.45) is 11.8 Å². The van der Waals surface area contributed by atoms with Crippen LogP contribution in [0.1, 0.15) is 22.9 Å². The molecule has 3 aromatic carbocycles. The van der Waals surface area contributed by atoms with Crippen molar-refractivity contribution >= 4 is 39.7 Å². The van der Waals surface area contributed by atoms with E-state index in [0.717, 1.165) is 27.4 Å². The van der Waals surface area contributed by atoms with Gasteiger partial charge in [-0.05, 0) is 29.3 Å². The van der Waals surface area contributed by atoms with Gasteiger partial charge in [-0.25, -0.2) is 0 Å². The van der Waals surface area contributed by atoms with Gasteiger partial charge in [0.2, 0.25) is 11.8 Å². The van der Waals surface area contributed by atoms with Crippen molar-refractivity contribution in [1.29, 1.82) is 0 Å². The highest BCUT2D eigenvalue weighted by atomic mass is 16.4. The zero-order valence-corrected chi connectivity index (χ0v) is 20.8. The molecule has 4 heterocycles. The maximum absolute atomic E-state index is 14.0. The Hall–Kier alpha value is -4.69. The van der Waals surface area contributed by atoms with Gasteiger partial charge in [-0.3, -0.25) is 24.6 Å². The molecule has 5 aromatic rings. The minimum absolute atomic E-state index is 0.0163. The van der Waals surface area contributed by atoms with E-state index in [0.29, 0.717) is 11.3 Å². The van der Waals surface area contributed by atoms with Gasteiger partial charge in [-0.15, -0.1) is 0 Å². The number of H-pyrrole nitrogens is 1. The number of carbonyl (C=O) groups excluding carboxylic acids is 2. The minimum atomic E-state index is -1.72. The zero-order chi connectivity index (χ0) is 26.7. The molecule has 2 aromatic heterocycles. The molecular formula is C31H25N3O5. The Labute approximate surface area is 223 Å². The number of imide groups is 1. The summed E-state index contributed by atoms with van der Waals surface area (Å²) < 4.78 is 6.13. The SMILES string of the molecule is O=C1C2C(c3cc4ccccc4o3)NC(Cc3c[nH]c4ccccc34)(C(=O)O)C2C(=O)N1Cc1ccccc1. The number of rotatable bonds is 6. The second-order valence-electron chi connectivity index (χ2n) is 10.4. The number of furan rings is 1. The predicted octanol–water partition coefficient (Wildman–Crippen LogP) is 4.43. The molecule has 7 rings (SSSR count). The van der Waals surface area contributed by atoms with E-state index >= 15 is 0 Å². The van der Waals surface area contributed by atoms with Crippen LogP contribution in [0.15, 0.2) is 95.5 Å².